The highest BCUT2D eigenvalue weighted by Crippen LogP contribution is 2.68. The molecule has 3 aliphatic heterocycles. The molecule has 0 aromatic heterocycles. The molecule has 38 heavy (non-hydrogen) atoms. The Morgan fingerprint density at radius 1 is 1.16 bits per heavy atom. The van der Waals surface area contributed by atoms with Gasteiger partial charge in [0.2, 0.25) is 17.7 Å². The summed E-state index contributed by atoms with van der Waals surface area (Å²) in [6.07, 6.45) is 8.25. The molecule has 0 saturated carbocycles. The largest absolute Gasteiger partial charge is 0.396 e. The molecule has 6 atom stereocenters. The van der Waals surface area contributed by atoms with E-state index in [1.807, 2.05) is 37.5 Å². The van der Waals surface area contributed by atoms with Crippen molar-refractivity contribution in [3.05, 3.63) is 25.3 Å². The van der Waals surface area contributed by atoms with Crippen LogP contribution in [0.2, 0.25) is 0 Å². The van der Waals surface area contributed by atoms with Crippen LogP contribution in [0.5, 0.6) is 0 Å². The molecule has 0 aromatic rings. The topological polar surface area (TPSA) is 81.2 Å². The van der Waals surface area contributed by atoms with E-state index in [9.17, 15) is 14.4 Å². The smallest absolute Gasteiger partial charge is 0.247 e. The van der Waals surface area contributed by atoms with Crippen LogP contribution in [0, 0.1) is 11.8 Å². The van der Waals surface area contributed by atoms with Crippen LogP contribution in [0.15, 0.2) is 25.3 Å². The lowest BCUT2D eigenvalue weighted by Crippen LogP contribution is -2.59. The first-order valence-electron chi connectivity index (χ1n) is 14.0. The number of amides is 3. The van der Waals surface area contributed by atoms with Crippen molar-refractivity contribution in [2.75, 3.05) is 32.8 Å². The zero-order valence-electron chi connectivity index (χ0n) is 23.5. The first kappa shape index (κ1) is 31.2. The number of aliphatic hydroxyl groups is 1. The lowest BCUT2D eigenvalue weighted by molar-refractivity contribution is -0.146. The Morgan fingerprint density at radius 2 is 1.82 bits per heavy atom. The van der Waals surface area contributed by atoms with Crippen molar-refractivity contribution in [2.45, 2.75) is 92.6 Å². The number of unbranched alkanes of at least 4 members (excludes halogenated alkanes) is 3. The number of rotatable bonds is 14. The summed E-state index contributed by atoms with van der Waals surface area (Å²) in [5.41, 5.74) is -0.442. The van der Waals surface area contributed by atoms with Crippen LogP contribution >= 0.6 is 27.7 Å². The minimum atomic E-state index is -0.644. The van der Waals surface area contributed by atoms with Crippen LogP contribution < -0.4 is 0 Å². The Kier molecular flexibility index (Phi) is 10.6. The predicted molar refractivity (Wildman–Crippen MR) is 158 cm³/mol. The van der Waals surface area contributed by atoms with Gasteiger partial charge in [-0.2, -0.15) is 0 Å². The van der Waals surface area contributed by atoms with Gasteiger partial charge in [0, 0.05) is 48.4 Å². The average Bonchev–Trinajstić information content (AvgIpc) is 3.44. The number of likely N-dealkylation sites (tertiary alicyclic amines) is 1. The highest BCUT2D eigenvalue weighted by Gasteiger charge is 2.76. The Morgan fingerprint density at radius 3 is 2.39 bits per heavy atom. The van der Waals surface area contributed by atoms with Gasteiger partial charge in [-0.25, -0.2) is 0 Å². The molecule has 3 unspecified atom stereocenters. The summed E-state index contributed by atoms with van der Waals surface area (Å²) in [5, 5.41) is 9.11. The van der Waals surface area contributed by atoms with E-state index in [0.717, 1.165) is 32.1 Å². The van der Waals surface area contributed by atoms with Gasteiger partial charge in [0.1, 0.15) is 6.04 Å². The van der Waals surface area contributed by atoms with Crippen LogP contribution in [0.25, 0.3) is 0 Å². The summed E-state index contributed by atoms with van der Waals surface area (Å²) >= 11 is 5.56. The molecule has 9 heteroatoms. The minimum Gasteiger partial charge on any atom is -0.396 e. The van der Waals surface area contributed by atoms with E-state index in [1.54, 1.807) is 28.8 Å². The Balaban J connectivity index is 2.04. The van der Waals surface area contributed by atoms with Crippen molar-refractivity contribution in [3.8, 4) is 0 Å². The molecular formula is C29H46BrN3O4S. The predicted octanol–water partition coefficient (Wildman–Crippen LogP) is 4.24. The van der Waals surface area contributed by atoms with Gasteiger partial charge in [0.25, 0.3) is 0 Å². The molecule has 1 N–H and O–H groups in total. The third-order valence-electron chi connectivity index (χ3n) is 8.16. The Hall–Kier alpha value is -1.32. The van der Waals surface area contributed by atoms with Crippen molar-refractivity contribution in [2.24, 2.45) is 11.8 Å². The number of aliphatic hydroxyl groups excluding tert-OH is 1. The lowest BCUT2D eigenvalue weighted by atomic mass is 9.70. The normalized spacial score (nSPS) is 29.9. The molecule has 3 heterocycles. The van der Waals surface area contributed by atoms with E-state index < -0.39 is 28.2 Å². The van der Waals surface area contributed by atoms with Gasteiger partial charge in [-0.05, 0) is 46.5 Å². The van der Waals surface area contributed by atoms with E-state index >= 15 is 0 Å². The van der Waals surface area contributed by atoms with Crippen molar-refractivity contribution < 1.29 is 19.5 Å². The molecule has 3 rings (SSSR count). The highest BCUT2D eigenvalue weighted by molar-refractivity contribution is 9.09. The second kappa shape index (κ2) is 12.9. The van der Waals surface area contributed by atoms with Gasteiger partial charge < -0.3 is 19.8 Å². The highest BCUT2D eigenvalue weighted by atomic mass is 79.9. The maximum Gasteiger partial charge on any atom is 0.247 e. The molecule has 0 radical (unpaired) electrons. The van der Waals surface area contributed by atoms with Crippen molar-refractivity contribution in [1.29, 1.82) is 0 Å². The third-order valence-corrected chi connectivity index (χ3v) is 11.4. The molecule has 0 aliphatic carbocycles. The van der Waals surface area contributed by atoms with Gasteiger partial charge in [-0.15, -0.1) is 24.9 Å². The minimum absolute atomic E-state index is 0.00314. The van der Waals surface area contributed by atoms with Crippen molar-refractivity contribution in [3.63, 3.8) is 0 Å². The molecule has 7 nitrogen and oxygen atoms in total. The lowest BCUT2D eigenvalue weighted by Gasteiger charge is -2.42. The summed E-state index contributed by atoms with van der Waals surface area (Å²) in [4.78, 5) is 48.2. The fourth-order valence-electron chi connectivity index (χ4n) is 6.58. The second-order valence-corrected chi connectivity index (χ2v) is 14.5. The van der Waals surface area contributed by atoms with Crippen molar-refractivity contribution >= 4 is 45.4 Å². The van der Waals surface area contributed by atoms with Crippen LogP contribution in [-0.2, 0) is 14.4 Å². The van der Waals surface area contributed by atoms with E-state index in [0.29, 0.717) is 32.6 Å². The number of carbonyl (C=O) groups excluding carboxylic acids is 3. The van der Waals surface area contributed by atoms with Gasteiger partial charge in [0.15, 0.2) is 0 Å². The quantitative estimate of drug-likeness (QED) is 0.180. The number of hydrogen-bond acceptors (Lipinski definition) is 5. The molecule has 1 spiro atoms. The summed E-state index contributed by atoms with van der Waals surface area (Å²) < 4.78 is -0.644. The summed E-state index contributed by atoms with van der Waals surface area (Å²) in [6.45, 7) is 17.9. The monoisotopic (exact) mass is 611 g/mol. The van der Waals surface area contributed by atoms with Gasteiger partial charge in [-0.3, -0.25) is 14.4 Å². The molecular weight excluding hydrogens is 566 g/mol. The van der Waals surface area contributed by atoms with E-state index in [2.05, 4.69) is 29.1 Å². The van der Waals surface area contributed by atoms with Crippen LogP contribution in [0.4, 0.5) is 0 Å². The third kappa shape index (κ3) is 5.75. The van der Waals surface area contributed by atoms with E-state index in [1.165, 1.54) is 0 Å². The number of fused-ring (bicyclic) bond motifs is 1. The molecule has 3 saturated heterocycles. The summed E-state index contributed by atoms with van der Waals surface area (Å²) in [7, 11) is 0. The van der Waals surface area contributed by atoms with Crippen molar-refractivity contribution in [1.82, 2.24) is 14.7 Å². The van der Waals surface area contributed by atoms with Crippen LogP contribution in [0.3, 0.4) is 0 Å². The van der Waals surface area contributed by atoms with Gasteiger partial charge in [-0.1, -0.05) is 47.8 Å². The summed E-state index contributed by atoms with van der Waals surface area (Å²) in [6, 6.07) is -0.621. The zero-order valence-corrected chi connectivity index (χ0v) is 25.9. The molecule has 2 bridgehead atoms. The number of alkyl halides is 1. The zero-order chi connectivity index (χ0) is 28.3. The fraction of sp³-hybridized carbons (Fsp3) is 0.759. The molecule has 3 fully saturated rings. The van der Waals surface area contributed by atoms with Gasteiger partial charge >= 0.3 is 0 Å². The number of carbonyl (C=O) groups is 3. The van der Waals surface area contributed by atoms with Crippen LogP contribution in [0.1, 0.15) is 66.2 Å². The first-order chi connectivity index (χ1) is 18.0. The maximum absolute atomic E-state index is 14.4. The molecule has 214 valence electrons. The second-order valence-electron chi connectivity index (χ2n) is 11.8. The van der Waals surface area contributed by atoms with Gasteiger partial charge in [0.05, 0.1) is 16.6 Å². The summed E-state index contributed by atoms with van der Waals surface area (Å²) in [5.74, 6) is -1.08. The number of thioether (sulfide) groups is 1. The fourth-order valence-corrected chi connectivity index (χ4v) is 10.2. The SMILES string of the molecule is C=CCN(CCC)C(=O)[C@H]1[C@H]2C(=O)N(CCCCCCO)C(C(=O)N(CC=C)C(C)(C)C)C23CC(Br)[C@@H]1S3. The van der Waals surface area contributed by atoms with E-state index in [-0.39, 0.29) is 34.4 Å². The maximum atomic E-state index is 14.4. The Bertz CT molecular complexity index is 909. The molecule has 3 aliphatic rings. The molecule has 3 amide bonds. The number of nitrogens with zero attached hydrogens (tertiary/aromatic N) is 3. The number of hydrogen-bond donors (Lipinski definition) is 1. The molecule has 0 aromatic carbocycles. The first-order valence-corrected chi connectivity index (χ1v) is 15.8. The van der Waals surface area contributed by atoms with Crippen LogP contribution in [-0.4, -0.2) is 96.7 Å². The number of halogens is 1. The standard InChI is InChI=1S/C29H46BrN3O4S/c1-7-14-31(15-8-2)25(35)21-22-26(36)32(17-12-10-11-13-18-34)24(29(22)19-20(30)23(21)38-29)27(37)33(16-9-3)28(4,5)6/h7,9,20-24,34H,1,3,8,10-19H2,2,4-6H3/t20?,21-,22-,23-,24?,29?/m0/s1. The average molecular weight is 613 g/mol. The van der Waals surface area contributed by atoms with E-state index in [4.69, 9.17) is 5.11 Å². The Labute approximate surface area is 241 Å².